The molecule has 0 spiro atoms. The first-order valence-electron chi connectivity index (χ1n) is 7.23. The Morgan fingerprint density at radius 1 is 1.42 bits per heavy atom. The molecule has 0 radical (unpaired) electrons. The lowest BCUT2D eigenvalue weighted by Gasteiger charge is -2.20. The van der Waals surface area contributed by atoms with Crippen molar-refractivity contribution in [3.05, 3.63) is 29.3 Å². The molecule has 0 aromatic heterocycles. The Bertz CT molecular complexity index is 406. The van der Waals surface area contributed by atoms with Crippen molar-refractivity contribution in [1.29, 1.82) is 0 Å². The molecule has 106 valence electrons. The summed E-state index contributed by atoms with van der Waals surface area (Å²) < 4.78 is 11.2. The Morgan fingerprint density at radius 3 is 2.95 bits per heavy atom. The van der Waals surface area contributed by atoms with Crippen LogP contribution in [-0.4, -0.2) is 26.8 Å². The maximum atomic E-state index is 5.93. The maximum Gasteiger partial charge on any atom is 0.121 e. The number of nitrogens with one attached hydrogen (secondary N) is 1. The van der Waals surface area contributed by atoms with Gasteiger partial charge in [-0.15, -0.1) is 0 Å². The minimum Gasteiger partial charge on any atom is -0.496 e. The van der Waals surface area contributed by atoms with Crippen LogP contribution in [0.1, 0.15) is 37.0 Å². The molecule has 0 amide bonds. The normalized spacial score (nSPS) is 22.7. The van der Waals surface area contributed by atoms with E-state index in [2.05, 4.69) is 31.3 Å². The molecule has 1 fully saturated rings. The van der Waals surface area contributed by atoms with Gasteiger partial charge in [0, 0.05) is 19.1 Å². The second kappa shape index (κ2) is 6.92. The molecule has 2 atom stereocenters. The van der Waals surface area contributed by atoms with Crippen molar-refractivity contribution in [2.24, 2.45) is 5.92 Å². The quantitative estimate of drug-likeness (QED) is 0.800. The zero-order valence-electron chi connectivity index (χ0n) is 12.2. The van der Waals surface area contributed by atoms with E-state index in [1.807, 2.05) is 6.07 Å². The van der Waals surface area contributed by atoms with E-state index in [4.69, 9.17) is 9.47 Å². The largest absolute Gasteiger partial charge is 0.496 e. The van der Waals surface area contributed by atoms with E-state index in [1.54, 1.807) is 7.11 Å². The molecule has 0 aliphatic carbocycles. The fraction of sp³-hybridized carbons (Fsp3) is 0.625. The van der Waals surface area contributed by atoms with Gasteiger partial charge in [-0.05, 0) is 49.6 Å². The van der Waals surface area contributed by atoms with Gasteiger partial charge >= 0.3 is 0 Å². The van der Waals surface area contributed by atoms with E-state index in [0.717, 1.165) is 31.9 Å². The molecule has 0 saturated carbocycles. The summed E-state index contributed by atoms with van der Waals surface area (Å²) in [7, 11) is 1.71. The first-order valence-corrected chi connectivity index (χ1v) is 7.23. The molecule has 1 N–H and O–H groups in total. The number of benzene rings is 1. The monoisotopic (exact) mass is 263 g/mol. The van der Waals surface area contributed by atoms with Crippen molar-refractivity contribution >= 4 is 0 Å². The van der Waals surface area contributed by atoms with E-state index in [0.29, 0.717) is 5.92 Å². The van der Waals surface area contributed by atoms with Crippen LogP contribution in [0.25, 0.3) is 0 Å². The number of rotatable bonds is 6. The van der Waals surface area contributed by atoms with Gasteiger partial charge in [-0.3, -0.25) is 0 Å². The highest BCUT2D eigenvalue weighted by Gasteiger charge is 2.29. The summed E-state index contributed by atoms with van der Waals surface area (Å²) in [5, 5.41) is 3.51. The van der Waals surface area contributed by atoms with Gasteiger partial charge < -0.3 is 14.8 Å². The zero-order chi connectivity index (χ0) is 13.7. The van der Waals surface area contributed by atoms with Crippen LogP contribution in [0, 0.1) is 12.8 Å². The van der Waals surface area contributed by atoms with Crippen molar-refractivity contribution in [2.45, 2.75) is 32.8 Å². The molecule has 1 heterocycles. The van der Waals surface area contributed by atoms with Crippen molar-refractivity contribution in [3.63, 3.8) is 0 Å². The lowest BCUT2D eigenvalue weighted by molar-refractivity contribution is 0.0905. The van der Waals surface area contributed by atoms with Gasteiger partial charge in [-0.25, -0.2) is 0 Å². The molecule has 3 nitrogen and oxygen atoms in total. The Balaban J connectivity index is 2.04. The molecule has 2 rings (SSSR count). The third-order valence-electron chi connectivity index (χ3n) is 3.79. The predicted octanol–water partition coefficient (Wildman–Crippen LogP) is 3.08. The molecule has 3 heteroatoms. The van der Waals surface area contributed by atoms with Crippen molar-refractivity contribution in [2.75, 3.05) is 26.8 Å². The Labute approximate surface area is 116 Å². The van der Waals surface area contributed by atoms with Gasteiger partial charge in [0.25, 0.3) is 0 Å². The third kappa shape index (κ3) is 3.48. The van der Waals surface area contributed by atoms with Gasteiger partial charge in [0.15, 0.2) is 0 Å². The smallest absolute Gasteiger partial charge is 0.121 e. The van der Waals surface area contributed by atoms with E-state index in [9.17, 15) is 0 Å². The van der Waals surface area contributed by atoms with Crippen LogP contribution in [0.15, 0.2) is 18.2 Å². The van der Waals surface area contributed by atoms with E-state index in [-0.39, 0.29) is 6.10 Å². The van der Waals surface area contributed by atoms with E-state index < -0.39 is 0 Å². The molecule has 0 bridgehead atoms. The standard InChI is InChI=1S/C16H25NO2/c1-4-8-17-11-14-7-9-19-16(14)13-5-6-15(18-3)12(2)10-13/h5-6,10,14,16-17H,4,7-9,11H2,1-3H3. The molecule has 1 aliphatic rings. The van der Waals surface area contributed by atoms with Crippen molar-refractivity contribution in [1.82, 2.24) is 5.32 Å². The van der Waals surface area contributed by atoms with Gasteiger partial charge in [0.2, 0.25) is 0 Å². The first-order chi connectivity index (χ1) is 9.26. The summed E-state index contributed by atoms with van der Waals surface area (Å²) in [5.74, 6) is 1.53. The third-order valence-corrected chi connectivity index (χ3v) is 3.79. The molecule has 1 aliphatic heterocycles. The lowest BCUT2D eigenvalue weighted by Crippen LogP contribution is -2.25. The predicted molar refractivity (Wildman–Crippen MR) is 77.7 cm³/mol. The minimum atomic E-state index is 0.231. The Hall–Kier alpha value is -1.06. The highest BCUT2D eigenvalue weighted by Crippen LogP contribution is 2.35. The first kappa shape index (κ1) is 14.4. The van der Waals surface area contributed by atoms with Crippen LogP contribution in [0.3, 0.4) is 0 Å². The summed E-state index contributed by atoms with van der Waals surface area (Å²) in [6.45, 7) is 7.28. The SMILES string of the molecule is CCCNCC1CCOC1c1ccc(OC)c(C)c1. The number of ether oxygens (including phenoxy) is 2. The number of methoxy groups -OCH3 is 1. The average molecular weight is 263 g/mol. The molecule has 1 aromatic carbocycles. The van der Waals surface area contributed by atoms with Crippen LogP contribution in [0.2, 0.25) is 0 Å². The van der Waals surface area contributed by atoms with Crippen molar-refractivity contribution < 1.29 is 9.47 Å². The molecule has 1 aromatic rings. The van der Waals surface area contributed by atoms with E-state index in [1.165, 1.54) is 17.5 Å². The van der Waals surface area contributed by atoms with Crippen LogP contribution in [0.5, 0.6) is 5.75 Å². The lowest BCUT2D eigenvalue weighted by atomic mass is 9.94. The van der Waals surface area contributed by atoms with Crippen molar-refractivity contribution in [3.8, 4) is 5.75 Å². The highest BCUT2D eigenvalue weighted by atomic mass is 16.5. The summed E-state index contributed by atoms with van der Waals surface area (Å²) >= 11 is 0. The molecular weight excluding hydrogens is 238 g/mol. The molecular formula is C16H25NO2. The number of aryl methyl sites for hydroxylation is 1. The average Bonchev–Trinajstić information content (AvgIpc) is 2.87. The van der Waals surface area contributed by atoms with Crippen LogP contribution >= 0.6 is 0 Å². The summed E-state index contributed by atoms with van der Waals surface area (Å²) in [6.07, 6.45) is 2.56. The van der Waals surface area contributed by atoms with Gasteiger partial charge in [0.1, 0.15) is 5.75 Å². The second-order valence-corrected chi connectivity index (χ2v) is 5.27. The maximum absolute atomic E-state index is 5.93. The minimum absolute atomic E-state index is 0.231. The fourth-order valence-corrected chi connectivity index (χ4v) is 2.75. The highest BCUT2D eigenvalue weighted by molar-refractivity contribution is 5.37. The fourth-order valence-electron chi connectivity index (χ4n) is 2.75. The Kier molecular flexibility index (Phi) is 5.23. The van der Waals surface area contributed by atoms with E-state index >= 15 is 0 Å². The topological polar surface area (TPSA) is 30.5 Å². The number of hydrogen-bond acceptors (Lipinski definition) is 3. The molecule has 1 saturated heterocycles. The summed E-state index contributed by atoms with van der Waals surface area (Å²) in [5.41, 5.74) is 2.45. The summed E-state index contributed by atoms with van der Waals surface area (Å²) in [4.78, 5) is 0. The second-order valence-electron chi connectivity index (χ2n) is 5.27. The van der Waals surface area contributed by atoms with Gasteiger partial charge in [-0.2, -0.15) is 0 Å². The van der Waals surface area contributed by atoms with Gasteiger partial charge in [-0.1, -0.05) is 13.0 Å². The number of hydrogen-bond donors (Lipinski definition) is 1. The van der Waals surface area contributed by atoms with Gasteiger partial charge in [0.05, 0.1) is 13.2 Å². The van der Waals surface area contributed by atoms with Crippen LogP contribution in [0.4, 0.5) is 0 Å². The zero-order valence-corrected chi connectivity index (χ0v) is 12.2. The molecule has 19 heavy (non-hydrogen) atoms. The van der Waals surface area contributed by atoms with Crippen LogP contribution < -0.4 is 10.1 Å². The summed E-state index contributed by atoms with van der Waals surface area (Å²) in [6, 6.07) is 6.37. The Morgan fingerprint density at radius 2 is 2.26 bits per heavy atom. The van der Waals surface area contributed by atoms with Crippen LogP contribution in [-0.2, 0) is 4.74 Å². The molecule has 2 unspecified atom stereocenters.